The fourth-order valence-corrected chi connectivity index (χ4v) is 3.23. The lowest BCUT2D eigenvalue weighted by Gasteiger charge is -2.35. The largest absolute Gasteiger partial charge is 0.393 e. The van der Waals surface area contributed by atoms with E-state index in [9.17, 15) is 9.90 Å². The van der Waals surface area contributed by atoms with E-state index < -0.39 is 0 Å². The molecular weight excluding hydrogens is 302 g/mol. The monoisotopic (exact) mass is 327 g/mol. The molecule has 1 saturated heterocycles. The maximum absolute atomic E-state index is 12.8. The SMILES string of the molecule is O=C(NCCn1cccc1)[C@@H](c1ccccc1)N1CCC(O)CC1. The molecule has 0 radical (unpaired) electrons. The lowest BCUT2D eigenvalue weighted by molar-refractivity contribution is -0.127. The number of piperidine rings is 1. The fraction of sp³-hybridized carbons (Fsp3) is 0.421. The molecule has 5 nitrogen and oxygen atoms in total. The van der Waals surface area contributed by atoms with Gasteiger partial charge in [0.05, 0.1) is 6.10 Å². The summed E-state index contributed by atoms with van der Waals surface area (Å²) in [6.07, 6.45) is 5.19. The fourth-order valence-electron chi connectivity index (χ4n) is 3.23. The van der Waals surface area contributed by atoms with Crippen molar-refractivity contribution in [3.63, 3.8) is 0 Å². The van der Waals surface area contributed by atoms with Crippen LogP contribution < -0.4 is 5.32 Å². The molecule has 0 unspecified atom stereocenters. The molecule has 5 heteroatoms. The van der Waals surface area contributed by atoms with E-state index in [1.807, 2.05) is 54.9 Å². The van der Waals surface area contributed by atoms with Gasteiger partial charge in [0.2, 0.25) is 5.91 Å². The Morgan fingerprint density at radius 1 is 1.12 bits per heavy atom. The van der Waals surface area contributed by atoms with Gasteiger partial charge in [0, 0.05) is 38.6 Å². The molecule has 2 N–H and O–H groups in total. The average molecular weight is 327 g/mol. The van der Waals surface area contributed by atoms with E-state index in [0.717, 1.165) is 38.0 Å². The molecule has 1 aliphatic rings. The third-order valence-corrected chi connectivity index (χ3v) is 4.56. The molecule has 0 aliphatic carbocycles. The smallest absolute Gasteiger partial charge is 0.242 e. The Bertz CT molecular complexity index is 619. The number of aromatic nitrogens is 1. The predicted molar refractivity (Wildman–Crippen MR) is 93.4 cm³/mol. The first-order valence-corrected chi connectivity index (χ1v) is 8.59. The van der Waals surface area contributed by atoms with Gasteiger partial charge in [-0.1, -0.05) is 30.3 Å². The Labute approximate surface area is 142 Å². The molecule has 3 rings (SSSR count). The first-order valence-electron chi connectivity index (χ1n) is 8.59. The molecule has 1 fully saturated rings. The summed E-state index contributed by atoms with van der Waals surface area (Å²) in [7, 11) is 0. The lowest BCUT2D eigenvalue weighted by Crippen LogP contribution is -2.45. The van der Waals surface area contributed by atoms with Gasteiger partial charge in [0.1, 0.15) is 6.04 Å². The number of carbonyl (C=O) groups is 1. The van der Waals surface area contributed by atoms with E-state index in [1.165, 1.54) is 0 Å². The third-order valence-electron chi connectivity index (χ3n) is 4.56. The Kier molecular flexibility index (Phi) is 5.67. The summed E-state index contributed by atoms with van der Waals surface area (Å²) in [5.41, 5.74) is 1.01. The number of likely N-dealkylation sites (tertiary alicyclic amines) is 1. The highest BCUT2D eigenvalue weighted by Gasteiger charge is 2.30. The molecular formula is C19H25N3O2. The molecule has 128 valence electrons. The van der Waals surface area contributed by atoms with Crippen LogP contribution in [0.2, 0.25) is 0 Å². The van der Waals surface area contributed by atoms with Crippen molar-refractivity contribution in [2.24, 2.45) is 0 Å². The zero-order valence-electron chi connectivity index (χ0n) is 13.8. The van der Waals surface area contributed by atoms with Crippen LogP contribution in [0.1, 0.15) is 24.4 Å². The van der Waals surface area contributed by atoms with Crippen molar-refractivity contribution in [3.8, 4) is 0 Å². The number of nitrogens with one attached hydrogen (secondary N) is 1. The molecule has 0 bridgehead atoms. The van der Waals surface area contributed by atoms with Crippen LogP contribution in [0.15, 0.2) is 54.9 Å². The zero-order valence-corrected chi connectivity index (χ0v) is 13.8. The van der Waals surface area contributed by atoms with E-state index in [2.05, 4.69) is 14.8 Å². The number of nitrogens with zero attached hydrogens (tertiary/aromatic N) is 2. The van der Waals surface area contributed by atoms with E-state index in [1.54, 1.807) is 0 Å². The number of benzene rings is 1. The first kappa shape index (κ1) is 16.7. The van der Waals surface area contributed by atoms with Crippen molar-refractivity contribution >= 4 is 5.91 Å². The van der Waals surface area contributed by atoms with Gasteiger partial charge in [-0.25, -0.2) is 0 Å². The Balaban J connectivity index is 1.65. The van der Waals surface area contributed by atoms with E-state index in [0.29, 0.717) is 6.54 Å². The molecule has 24 heavy (non-hydrogen) atoms. The standard InChI is InChI=1S/C19H25N3O2/c23-17-8-13-22(14-9-17)18(16-6-2-1-3-7-16)19(24)20-10-15-21-11-4-5-12-21/h1-7,11-12,17-18,23H,8-10,13-15H2,(H,20,24)/t18-/m1/s1. The average Bonchev–Trinajstić information content (AvgIpc) is 3.11. The number of hydrogen-bond donors (Lipinski definition) is 2. The molecule has 2 heterocycles. The number of aliphatic hydroxyl groups is 1. The van der Waals surface area contributed by atoms with Crippen LogP contribution in [0, 0.1) is 0 Å². The first-order chi connectivity index (χ1) is 11.7. The predicted octanol–water partition coefficient (Wildman–Crippen LogP) is 1.80. The minimum absolute atomic E-state index is 0.0322. The number of aliphatic hydroxyl groups excluding tert-OH is 1. The number of hydrogen-bond acceptors (Lipinski definition) is 3. The van der Waals surface area contributed by atoms with E-state index in [4.69, 9.17) is 0 Å². The highest BCUT2D eigenvalue weighted by Crippen LogP contribution is 2.25. The van der Waals surface area contributed by atoms with Crippen molar-refractivity contribution in [3.05, 3.63) is 60.4 Å². The van der Waals surface area contributed by atoms with Crippen LogP contribution in [0.25, 0.3) is 0 Å². The number of carbonyl (C=O) groups excluding carboxylic acids is 1. The topological polar surface area (TPSA) is 57.5 Å². The van der Waals surface area contributed by atoms with E-state index >= 15 is 0 Å². The summed E-state index contributed by atoms with van der Waals surface area (Å²) in [6.45, 7) is 2.85. The second-order valence-electron chi connectivity index (χ2n) is 6.29. The summed E-state index contributed by atoms with van der Waals surface area (Å²) >= 11 is 0. The molecule has 1 aromatic carbocycles. The Morgan fingerprint density at radius 2 is 1.79 bits per heavy atom. The molecule has 1 amide bonds. The number of amides is 1. The Morgan fingerprint density at radius 3 is 2.46 bits per heavy atom. The minimum Gasteiger partial charge on any atom is -0.393 e. The second kappa shape index (κ2) is 8.13. The van der Waals surface area contributed by atoms with Crippen LogP contribution in [0.5, 0.6) is 0 Å². The van der Waals surface area contributed by atoms with Crippen LogP contribution in [-0.2, 0) is 11.3 Å². The van der Waals surface area contributed by atoms with Gasteiger partial charge in [-0.05, 0) is 30.5 Å². The highest BCUT2D eigenvalue weighted by molar-refractivity contribution is 5.83. The molecule has 1 aromatic heterocycles. The van der Waals surface area contributed by atoms with Crippen molar-refractivity contribution in [1.82, 2.24) is 14.8 Å². The zero-order chi connectivity index (χ0) is 16.8. The van der Waals surface area contributed by atoms with Crippen molar-refractivity contribution in [2.45, 2.75) is 31.5 Å². The van der Waals surface area contributed by atoms with Gasteiger partial charge in [0.25, 0.3) is 0 Å². The molecule has 0 saturated carbocycles. The Hall–Kier alpha value is -2.11. The van der Waals surface area contributed by atoms with Gasteiger partial charge in [-0.3, -0.25) is 9.69 Å². The van der Waals surface area contributed by atoms with Crippen LogP contribution in [0.3, 0.4) is 0 Å². The van der Waals surface area contributed by atoms with Gasteiger partial charge in [-0.2, -0.15) is 0 Å². The molecule has 1 atom stereocenters. The quantitative estimate of drug-likeness (QED) is 0.851. The summed E-state index contributed by atoms with van der Waals surface area (Å²) in [5, 5.41) is 12.8. The van der Waals surface area contributed by atoms with Gasteiger partial charge < -0.3 is 15.0 Å². The van der Waals surface area contributed by atoms with Crippen molar-refractivity contribution in [1.29, 1.82) is 0 Å². The summed E-state index contributed by atoms with van der Waals surface area (Å²) in [4.78, 5) is 15.0. The summed E-state index contributed by atoms with van der Waals surface area (Å²) in [6, 6.07) is 13.6. The summed E-state index contributed by atoms with van der Waals surface area (Å²) in [5.74, 6) is 0.0322. The van der Waals surface area contributed by atoms with Crippen LogP contribution in [0.4, 0.5) is 0 Å². The minimum atomic E-state index is -0.289. The van der Waals surface area contributed by atoms with Crippen molar-refractivity contribution in [2.75, 3.05) is 19.6 Å². The molecule has 0 spiro atoms. The normalized spacial score (nSPS) is 17.5. The van der Waals surface area contributed by atoms with Crippen molar-refractivity contribution < 1.29 is 9.90 Å². The van der Waals surface area contributed by atoms with Gasteiger partial charge >= 0.3 is 0 Å². The third kappa shape index (κ3) is 4.24. The second-order valence-corrected chi connectivity index (χ2v) is 6.29. The molecule has 1 aliphatic heterocycles. The van der Waals surface area contributed by atoms with Crippen LogP contribution >= 0.6 is 0 Å². The van der Waals surface area contributed by atoms with Gasteiger partial charge in [-0.15, -0.1) is 0 Å². The maximum atomic E-state index is 12.8. The molecule has 2 aromatic rings. The number of rotatable bonds is 6. The summed E-state index contributed by atoms with van der Waals surface area (Å²) < 4.78 is 2.05. The maximum Gasteiger partial charge on any atom is 0.242 e. The van der Waals surface area contributed by atoms with E-state index in [-0.39, 0.29) is 18.1 Å². The van der Waals surface area contributed by atoms with Crippen LogP contribution in [-0.4, -0.2) is 46.2 Å². The van der Waals surface area contributed by atoms with Gasteiger partial charge in [0.15, 0.2) is 0 Å². The highest BCUT2D eigenvalue weighted by atomic mass is 16.3. The lowest BCUT2D eigenvalue weighted by atomic mass is 10.00.